The van der Waals surface area contributed by atoms with E-state index in [2.05, 4.69) is 30.8 Å². The number of anilines is 1. The average Bonchev–Trinajstić information content (AvgIpc) is 3.34. The van der Waals surface area contributed by atoms with Crippen LogP contribution in [0.2, 0.25) is 0 Å². The lowest BCUT2D eigenvalue weighted by Gasteiger charge is -2.06. The Kier molecular flexibility index (Phi) is 4.76. The first-order valence-corrected chi connectivity index (χ1v) is 8.90. The fraction of sp³-hybridized carbons (Fsp3) is 0.105. The number of nitrogens with zero attached hydrogens (tertiary/aromatic N) is 6. The van der Waals surface area contributed by atoms with Crippen LogP contribution in [0.4, 0.5) is 11.4 Å². The first kappa shape index (κ1) is 18.9. The van der Waals surface area contributed by atoms with Crippen LogP contribution >= 0.6 is 0 Å². The molecule has 4 rings (SSSR count). The fourth-order valence-corrected chi connectivity index (χ4v) is 2.92. The van der Waals surface area contributed by atoms with Gasteiger partial charge >= 0.3 is 0 Å². The largest absolute Gasteiger partial charge is 0.321 e. The Morgan fingerprint density at radius 3 is 2.70 bits per heavy atom. The zero-order chi connectivity index (χ0) is 21.3. The molecule has 2 N–H and O–H groups in total. The van der Waals surface area contributed by atoms with Gasteiger partial charge in [-0.2, -0.15) is 5.10 Å². The molecule has 2 aromatic heterocycles. The van der Waals surface area contributed by atoms with Gasteiger partial charge in [-0.15, -0.1) is 5.10 Å². The Hall–Kier alpha value is -4.41. The molecule has 0 aliphatic heterocycles. The maximum Gasteiger partial charge on any atom is 0.278 e. The highest BCUT2D eigenvalue weighted by Crippen LogP contribution is 2.21. The first-order chi connectivity index (χ1) is 14.4. The number of nitro benzene ring substituents is 1. The molecule has 0 saturated carbocycles. The number of aromatic nitrogens is 6. The summed E-state index contributed by atoms with van der Waals surface area (Å²) in [4.78, 5) is 27.5. The third kappa shape index (κ3) is 3.63. The van der Waals surface area contributed by atoms with Crippen molar-refractivity contribution in [2.45, 2.75) is 13.8 Å². The third-order valence-corrected chi connectivity index (χ3v) is 4.37. The molecule has 2 heterocycles. The summed E-state index contributed by atoms with van der Waals surface area (Å²) in [5, 5.41) is 28.6. The van der Waals surface area contributed by atoms with Gasteiger partial charge in [0.25, 0.3) is 11.6 Å². The molecule has 1 amide bonds. The Balaban J connectivity index is 1.58. The van der Waals surface area contributed by atoms with E-state index in [1.165, 1.54) is 16.8 Å². The van der Waals surface area contributed by atoms with Crippen LogP contribution in [0, 0.1) is 24.0 Å². The normalized spacial score (nSPS) is 10.7. The predicted molar refractivity (Wildman–Crippen MR) is 107 cm³/mol. The number of H-pyrrole nitrogens is 1. The number of hydrogen-bond donors (Lipinski definition) is 2. The number of aromatic amines is 1. The molecule has 0 atom stereocenters. The van der Waals surface area contributed by atoms with Crippen LogP contribution < -0.4 is 5.32 Å². The highest BCUT2D eigenvalue weighted by molar-refractivity contribution is 6.03. The fourth-order valence-electron chi connectivity index (χ4n) is 2.92. The molecule has 150 valence electrons. The number of carbonyl (C=O) groups is 1. The van der Waals surface area contributed by atoms with Gasteiger partial charge in [-0.05, 0) is 32.0 Å². The highest BCUT2D eigenvalue weighted by Gasteiger charge is 2.19. The summed E-state index contributed by atoms with van der Waals surface area (Å²) in [5.41, 5.74) is 2.22. The summed E-state index contributed by atoms with van der Waals surface area (Å²) in [6.07, 6.45) is 0. The number of amides is 1. The number of aryl methyl sites for hydroxylation is 1. The summed E-state index contributed by atoms with van der Waals surface area (Å²) in [6.45, 7) is 3.47. The first-order valence-electron chi connectivity index (χ1n) is 8.90. The monoisotopic (exact) mass is 404 g/mol. The zero-order valence-electron chi connectivity index (χ0n) is 16.0. The van der Waals surface area contributed by atoms with E-state index in [4.69, 9.17) is 0 Å². The van der Waals surface area contributed by atoms with Gasteiger partial charge in [0.15, 0.2) is 11.5 Å². The summed E-state index contributed by atoms with van der Waals surface area (Å²) < 4.78 is 1.38. The van der Waals surface area contributed by atoms with Crippen molar-refractivity contribution in [1.29, 1.82) is 0 Å². The highest BCUT2D eigenvalue weighted by atomic mass is 16.6. The Morgan fingerprint density at radius 2 is 1.97 bits per heavy atom. The molecule has 0 aliphatic carbocycles. The average molecular weight is 404 g/mol. The van der Waals surface area contributed by atoms with Crippen LogP contribution in [0.3, 0.4) is 0 Å². The molecule has 0 saturated heterocycles. The van der Waals surface area contributed by atoms with E-state index >= 15 is 0 Å². The van der Waals surface area contributed by atoms with Crippen LogP contribution in [0.25, 0.3) is 17.1 Å². The van der Waals surface area contributed by atoms with Gasteiger partial charge in [0.05, 0.1) is 16.3 Å². The van der Waals surface area contributed by atoms with Crippen LogP contribution in [0.1, 0.15) is 22.0 Å². The Morgan fingerprint density at radius 1 is 1.17 bits per heavy atom. The zero-order valence-corrected chi connectivity index (χ0v) is 16.0. The molecule has 0 unspecified atom stereocenters. The molecular weight excluding hydrogens is 388 g/mol. The minimum atomic E-state index is -0.494. The van der Waals surface area contributed by atoms with Gasteiger partial charge in [0.1, 0.15) is 5.82 Å². The maximum atomic E-state index is 12.7. The Labute approximate surface area is 169 Å². The van der Waals surface area contributed by atoms with Gasteiger partial charge < -0.3 is 5.32 Å². The minimum Gasteiger partial charge on any atom is -0.321 e. The van der Waals surface area contributed by atoms with Gasteiger partial charge in [0, 0.05) is 23.4 Å². The molecule has 0 aliphatic rings. The van der Waals surface area contributed by atoms with Crippen molar-refractivity contribution in [2.75, 3.05) is 5.32 Å². The van der Waals surface area contributed by atoms with Crippen LogP contribution in [0.15, 0.2) is 48.5 Å². The van der Waals surface area contributed by atoms with E-state index in [1.54, 1.807) is 44.2 Å². The van der Waals surface area contributed by atoms with E-state index < -0.39 is 10.8 Å². The van der Waals surface area contributed by atoms with Crippen LogP contribution in [-0.4, -0.2) is 41.0 Å². The number of benzene rings is 2. The Bertz CT molecular complexity index is 1260. The number of hydrogen-bond acceptors (Lipinski definition) is 7. The van der Waals surface area contributed by atoms with Crippen molar-refractivity contribution >= 4 is 17.3 Å². The summed E-state index contributed by atoms with van der Waals surface area (Å²) in [7, 11) is 0. The van der Waals surface area contributed by atoms with Crippen LogP contribution in [0.5, 0.6) is 0 Å². The summed E-state index contributed by atoms with van der Waals surface area (Å²) in [5.74, 6) is 0.761. The lowest BCUT2D eigenvalue weighted by Crippen LogP contribution is -2.14. The predicted octanol–water partition coefficient (Wildman–Crippen LogP) is 2.83. The van der Waals surface area contributed by atoms with Crippen molar-refractivity contribution in [3.05, 3.63) is 75.9 Å². The quantitative estimate of drug-likeness (QED) is 0.384. The molecule has 11 nitrogen and oxygen atoms in total. The van der Waals surface area contributed by atoms with E-state index in [0.717, 1.165) is 5.56 Å². The molecule has 2 aromatic carbocycles. The van der Waals surface area contributed by atoms with Crippen molar-refractivity contribution in [3.63, 3.8) is 0 Å². The smallest absolute Gasteiger partial charge is 0.278 e. The van der Waals surface area contributed by atoms with E-state index in [-0.39, 0.29) is 11.4 Å². The summed E-state index contributed by atoms with van der Waals surface area (Å²) >= 11 is 0. The lowest BCUT2D eigenvalue weighted by atomic mass is 10.2. The standard InChI is InChI=1S/C19H16N8O3/c1-11-17(23-25-26(11)15-7-4-8-16(10-15)27(29)30)19(28)21-14-6-3-5-13(9-14)18-20-12(2)22-24-18/h3-10H,1-2H3,(H,21,28)(H,20,22,24). The second-order valence-electron chi connectivity index (χ2n) is 6.49. The molecule has 4 aromatic rings. The van der Waals surface area contributed by atoms with E-state index in [0.29, 0.717) is 28.7 Å². The van der Waals surface area contributed by atoms with Crippen molar-refractivity contribution in [2.24, 2.45) is 0 Å². The molecule has 30 heavy (non-hydrogen) atoms. The molecule has 11 heteroatoms. The second kappa shape index (κ2) is 7.54. The SMILES string of the molecule is Cc1nc(-c2cccc(NC(=O)c3nnn(-c4cccc([N+](=O)[O-])c4)c3C)c2)n[nH]1. The number of carbonyl (C=O) groups excluding carboxylic acids is 1. The molecule has 0 spiro atoms. The lowest BCUT2D eigenvalue weighted by molar-refractivity contribution is -0.384. The van der Waals surface area contributed by atoms with Gasteiger partial charge in [-0.25, -0.2) is 9.67 Å². The van der Waals surface area contributed by atoms with Crippen molar-refractivity contribution in [3.8, 4) is 17.1 Å². The number of rotatable bonds is 5. The van der Waals surface area contributed by atoms with Crippen LogP contribution in [-0.2, 0) is 0 Å². The second-order valence-corrected chi connectivity index (χ2v) is 6.49. The molecule has 0 bridgehead atoms. The van der Waals surface area contributed by atoms with Gasteiger partial charge in [-0.3, -0.25) is 20.0 Å². The van der Waals surface area contributed by atoms with Gasteiger partial charge in [0.2, 0.25) is 0 Å². The van der Waals surface area contributed by atoms with Gasteiger partial charge in [-0.1, -0.05) is 23.4 Å². The molecule has 0 fully saturated rings. The summed E-state index contributed by atoms with van der Waals surface area (Å²) in [6, 6.07) is 13.1. The molecule has 0 radical (unpaired) electrons. The minimum absolute atomic E-state index is 0.0765. The maximum absolute atomic E-state index is 12.7. The number of non-ortho nitro benzene ring substituents is 1. The molecular formula is C19H16N8O3. The topological polar surface area (TPSA) is 145 Å². The van der Waals surface area contributed by atoms with E-state index in [1.807, 2.05) is 6.07 Å². The van der Waals surface area contributed by atoms with E-state index in [9.17, 15) is 14.9 Å². The number of nitrogens with one attached hydrogen (secondary N) is 2. The van der Waals surface area contributed by atoms with Crippen molar-refractivity contribution in [1.82, 2.24) is 30.2 Å². The third-order valence-electron chi connectivity index (χ3n) is 4.37. The van der Waals surface area contributed by atoms with Crippen molar-refractivity contribution < 1.29 is 9.72 Å². The number of nitro groups is 1.